The van der Waals surface area contributed by atoms with Crippen LogP contribution in [-0.2, 0) is 14.3 Å². The van der Waals surface area contributed by atoms with Crippen molar-refractivity contribution in [3.8, 4) is 5.69 Å². The highest BCUT2D eigenvalue weighted by Crippen LogP contribution is 2.27. The van der Waals surface area contributed by atoms with Crippen molar-refractivity contribution in [1.29, 1.82) is 0 Å². The fraction of sp³-hybridized carbons (Fsp3) is 0.500. The maximum atomic E-state index is 13.8. The first-order valence-electron chi connectivity index (χ1n) is 9.11. The molecule has 8 nitrogen and oxygen atoms in total. The number of nitrogens with zero attached hydrogens (tertiary/aromatic N) is 4. The van der Waals surface area contributed by atoms with Crippen molar-refractivity contribution in [2.75, 3.05) is 57.2 Å². The zero-order valence-corrected chi connectivity index (χ0v) is 16.6. The van der Waals surface area contributed by atoms with Crippen molar-refractivity contribution in [2.45, 2.75) is 11.6 Å². The Labute approximate surface area is 167 Å². The van der Waals surface area contributed by atoms with Gasteiger partial charge in [-0.3, -0.25) is 9.36 Å². The summed E-state index contributed by atoms with van der Waals surface area (Å²) >= 11 is 1.27. The van der Waals surface area contributed by atoms with E-state index in [1.807, 2.05) is 0 Å². The third-order valence-electron chi connectivity index (χ3n) is 4.16. The van der Waals surface area contributed by atoms with Gasteiger partial charge in [-0.25, -0.2) is 4.39 Å². The molecule has 1 saturated heterocycles. The van der Waals surface area contributed by atoms with Crippen molar-refractivity contribution in [1.82, 2.24) is 20.1 Å². The van der Waals surface area contributed by atoms with E-state index in [0.717, 1.165) is 6.42 Å². The Kier molecular flexibility index (Phi) is 7.63. The molecule has 1 fully saturated rings. The zero-order valence-electron chi connectivity index (χ0n) is 15.8. The van der Waals surface area contributed by atoms with Crippen molar-refractivity contribution in [3.63, 3.8) is 0 Å². The highest BCUT2D eigenvalue weighted by atomic mass is 32.2. The minimum absolute atomic E-state index is 0.0946. The van der Waals surface area contributed by atoms with Gasteiger partial charge in [0.05, 0.1) is 24.7 Å². The molecule has 3 rings (SSSR count). The lowest BCUT2D eigenvalue weighted by atomic mass is 10.3. The Morgan fingerprint density at radius 3 is 2.93 bits per heavy atom. The van der Waals surface area contributed by atoms with Crippen LogP contribution in [-0.4, -0.2) is 73.0 Å². The monoisotopic (exact) mass is 409 g/mol. The predicted molar refractivity (Wildman–Crippen MR) is 105 cm³/mol. The Morgan fingerprint density at radius 2 is 2.18 bits per heavy atom. The van der Waals surface area contributed by atoms with Crippen molar-refractivity contribution >= 4 is 23.6 Å². The molecule has 2 aromatic rings. The number of benzene rings is 1. The number of nitrogens with one attached hydrogen (secondary N) is 1. The Bertz CT molecular complexity index is 782. The first kappa shape index (κ1) is 20.6. The Morgan fingerprint density at radius 1 is 1.36 bits per heavy atom. The second-order valence-electron chi connectivity index (χ2n) is 6.18. The van der Waals surface area contributed by atoms with Gasteiger partial charge in [-0.15, -0.1) is 10.2 Å². The maximum absolute atomic E-state index is 13.8. The van der Waals surface area contributed by atoms with E-state index in [9.17, 15) is 9.18 Å². The molecule has 1 N–H and O–H groups in total. The highest BCUT2D eigenvalue weighted by molar-refractivity contribution is 7.99. The normalized spacial score (nSPS) is 14.3. The minimum Gasteiger partial charge on any atom is -0.385 e. The molecule has 0 unspecified atom stereocenters. The van der Waals surface area contributed by atoms with Gasteiger partial charge in [0.25, 0.3) is 0 Å². The molecule has 10 heteroatoms. The van der Waals surface area contributed by atoms with Crippen LogP contribution >= 0.6 is 11.8 Å². The fourth-order valence-electron chi connectivity index (χ4n) is 2.79. The van der Waals surface area contributed by atoms with Crippen LogP contribution in [0.1, 0.15) is 6.42 Å². The third kappa shape index (κ3) is 5.43. The molecular formula is C18H24FN5O3S. The molecule has 1 aromatic heterocycles. The molecule has 1 aliphatic heterocycles. The number of hydrogen-bond acceptors (Lipinski definition) is 7. The fourth-order valence-corrected chi connectivity index (χ4v) is 3.57. The number of aromatic nitrogens is 3. The van der Waals surface area contributed by atoms with Gasteiger partial charge in [-0.1, -0.05) is 17.8 Å². The van der Waals surface area contributed by atoms with E-state index >= 15 is 0 Å². The first-order chi connectivity index (χ1) is 13.7. The van der Waals surface area contributed by atoms with Gasteiger partial charge in [0.15, 0.2) is 5.16 Å². The standard InChI is InChI=1S/C18H24FN5O3S/c1-26-9-3-6-20-16(25)13-28-18-22-21-17(23-7-10-27-11-8-23)24(18)15-5-2-4-14(19)12-15/h2,4-5,12H,3,6-11,13H2,1H3,(H,20,25). The van der Waals surface area contributed by atoms with Crippen molar-refractivity contribution in [2.24, 2.45) is 0 Å². The number of anilines is 1. The summed E-state index contributed by atoms with van der Waals surface area (Å²) in [6.45, 7) is 3.72. The molecule has 1 aromatic carbocycles. The second-order valence-corrected chi connectivity index (χ2v) is 7.12. The quantitative estimate of drug-likeness (QED) is 0.496. The number of amides is 1. The van der Waals surface area contributed by atoms with Gasteiger partial charge >= 0.3 is 0 Å². The summed E-state index contributed by atoms with van der Waals surface area (Å²) in [6, 6.07) is 6.26. The third-order valence-corrected chi connectivity index (χ3v) is 5.09. The summed E-state index contributed by atoms with van der Waals surface area (Å²) in [7, 11) is 1.63. The number of thioether (sulfide) groups is 1. The van der Waals surface area contributed by atoms with E-state index in [-0.39, 0.29) is 17.5 Å². The van der Waals surface area contributed by atoms with Gasteiger partial charge < -0.3 is 19.7 Å². The van der Waals surface area contributed by atoms with Gasteiger partial charge in [0.2, 0.25) is 11.9 Å². The van der Waals surface area contributed by atoms with Crippen molar-refractivity contribution < 1.29 is 18.7 Å². The molecule has 0 radical (unpaired) electrons. The molecule has 0 aliphatic carbocycles. The number of carbonyl (C=O) groups is 1. The van der Waals surface area contributed by atoms with Crippen LogP contribution in [0.2, 0.25) is 0 Å². The van der Waals surface area contributed by atoms with Gasteiger partial charge in [-0.2, -0.15) is 0 Å². The number of carbonyl (C=O) groups excluding carboxylic acids is 1. The molecule has 1 amide bonds. The molecule has 2 heterocycles. The molecule has 152 valence electrons. The minimum atomic E-state index is -0.342. The predicted octanol–water partition coefficient (Wildman–Crippen LogP) is 1.49. The summed E-state index contributed by atoms with van der Waals surface area (Å²) in [6.07, 6.45) is 0.758. The molecule has 0 bridgehead atoms. The van der Waals surface area contributed by atoms with E-state index in [1.54, 1.807) is 23.8 Å². The van der Waals surface area contributed by atoms with Crippen molar-refractivity contribution in [3.05, 3.63) is 30.1 Å². The number of methoxy groups -OCH3 is 1. The second kappa shape index (κ2) is 10.4. The Hall–Kier alpha value is -2.17. The van der Waals surface area contributed by atoms with E-state index in [2.05, 4.69) is 20.4 Å². The van der Waals surface area contributed by atoms with Crippen LogP contribution in [0.25, 0.3) is 5.69 Å². The van der Waals surface area contributed by atoms with Crippen LogP contribution < -0.4 is 10.2 Å². The van der Waals surface area contributed by atoms with E-state index in [0.29, 0.717) is 56.2 Å². The number of hydrogen-bond donors (Lipinski definition) is 1. The van der Waals surface area contributed by atoms with Crippen LogP contribution in [0.5, 0.6) is 0 Å². The molecule has 28 heavy (non-hydrogen) atoms. The lowest BCUT2D eigenvalue weighted by Gasteiger charge is -2.27. The largest absolute Gasteiger partial charge is 0.385 e. The van der Waals surface area contributed by atoms with Crippen LogP contribution in [0.15, 0.2) is 29.4 Å². The lowest BCUT2D eigenvalue weighted by molar-refractivity contribution is -0.118. The van der Waals surface area contributed by atoms with E-state index < -0.39 is 0 Å². The van der Waals surface area contributed by atoms with Crippen LogP contribution in [0, 0.1) is 5.82 Å². The summed E-state index contributed by atoms with van der Waals surface area (Å²) in [5.74, 6) is 0.384. The first-order valence-corrected chi connectivity index (χ1v) is 10.1. The molecule has 1 aliphatic rings. The highest BCUT2D eigenvalue weighted by Gasteiger charge is 2.22. The molecule has 0 saturated carbocycles. The number of halogens is 1. The topological polar surface area (TPSA) is 81.5 Å². The average Bonchev–Trinajstić information content (AvgIpc) is 3.14. The maximum Gasteiger partial charge on any atom is 0.232 e. The summed E-state index contributed by atoms with van der Waals surface area (Å²) < 4.78 is 26.0. The number of ether oxygens (including phenoxy) is 2. The summed E-state index contributed by atoms with van der Waals surface area (Å²) in [4.78, 5) is 14.1. The number of rotatable bonds is 9. The molecule has 0 spiro atoms. The SMILES string of the molecule is COCCCNC(=O)CSc1nnc(N2CCOCC2)n1-c1cccc(F)c1. The van der Waals surface area contributed by atoms with Gasteiger partial charge in [-0.05, 0) is 24.6 Å². The van der Waals surface area contributed by atoms with Gasteiger partial charge in [0, 0.05) is 33.4 Å². The van der Waals surface area contributed by atoms with Crippen LogP contribution in [0.3, 0.4) is 0 Å². The average molecular weight is 409 g/mol. The smallest absolute Gasteiger partial charge is 0.232 e. The molecule has 0 atom stereocenters. The Balaban J connectivity index is 1.75. The molecular weight excluding hydrogens is 385 g/mol. The lowest BCUT2D eigenvalue weighted by Crippen LogP contribution is -2.37. The van der Waals surface area contributed by atoms with E-state index in [4.69, 9.17) is 9.47 Å². The summed E-state index contributed by atoms with van der Waals surface area (Å²) in [5.41, 5.74) is 0.620. The van der Waals surface area contributed by atoms with Gasteiger partial charge in [0.1, 0.15) is 5.82 Å². The number of morpholine rings is 1. The van der Waals surface area contributed by atoms with E-state index in [1.165, 1.54) is 23.9 Å². The zero-order chi connectivity index (χ0) is 19.8. The van der Waals surface area contributed by atoms with Crippen LogP contribution in [0.4, 0.5) is 10.3 Å². The summed E-state index contributed by atoms with van der Waals surface area (Å²) in [5, 5.41) is 11.9.